The molecule has 2 aromatic carbocycles. The van der Waals surface area contributed by atoms with Crippen LogP contribution in [-0.4, -0.2) is 17.7 Å². The first-order valence-corrected chi connectivity index (χ1v) is 7.50. The van der Waals surface area contributed by atoms with Crippen LogP contribution in [0.25, 0.3) is 0 Å². The summed E-state index contributed by atoms with van der Waals surface area (Å²) in [5, 5.41) is 0.998. The van der Waals surface area contributed by atoms with Crippen molar-refractivity contribution in [3.63, 3.8) is 0 Å². The number of carbonyl (C=O) groups is 1. The summed E-state index contributed by atoms with van der Waals surface area (Å²) in [6.07, 6.45) is 1.86. The van der Waals surface area contributed by atoms with E-state index in [4.69, 9.17) is 9.68 Å². The lowest BCUT2D eigenvalue weighted by atomic mass is 10.2. The Morgan fingerprint density at radius 1 is 0.955 bits per heavy atom. The second-order valence-electron chi connectivity index (χ2n) is 4.87. The summed E-state index contributed by atoms with van der Waals surface area (Å²) < 4.78 is 0. The quantitative estimate of drug-likeness (QED) is 0.546. The van der Waals surface area contributed by atoms with Gasteiger partial charge in [-0.2, -0.15) is 0 Å². The fourth-order valence-electron chi connectivity index (χ4n) is 1.84. The lowest BCUT2D eigenvalue weighted by molar-refractivity contribution is -0.333. The zero-order valence-electron chi connectivity index (χ0n) is 12.8. The SMILES string of the molecule is CCCCON(OCc1ccccc1)C(=O)c1ccccc1. The minimum Gasteiger partial charge on any atom is -0.264 e. The predicted molar refractivity (Wildman–Crippen MR) is 84.7 cm³/mol. The molecule has 0 bridgehead atoms. The molecule has 4 heteroatoms. The zero-order valence-corrected chi connectivity index (χ0v) is 12.8. The van der Waals surface area contributed by atoms with E-state index in [9.17, 15) is 4.79 Å². The maximum atomic E-state index is 12.4. The Bertz CT molecular complexity index is 557. The van der Waals surface area contributed by atoms with Crippen molar-refractivity contribution < 1.29 is 14.5 Å². The summed E-state index contributed by atoms with van der Waals surface area (Å²) in [6, 6.07) is 18.7. The molecule has 0 aromatic heterocycles. The first kappa shape index (κ1) is 16.2. The van der Waals surface area contributed by atoms with Crippen molar-refractivity contribution in [3.8, 4) is 0 Å². The third-order valence-corrected chi connectivity index (χ3v) is 3.08. The van der Waals surface area contributed by atoms with E-state index < -0.39 is 0 Å². The van der Waals surface area contributed by atoms with Gasteiger partial charge in [-0.15, -0.1) is 0 Å². The minimum absolute atomic E-state index is 0.283. The molecule has 116 valence electrons. The van der Waals surface area contributed by atoms with Crippen molar-refractivity contribution in [1.29, 1.82) is 0 Å². The third-order valence-electron chi connectivity index (χ3n) is 3.08. The van der Waals surface area contributed by atoms with Crippen LogP contribution in [-0.2, 0) is 16.3 Å². The second-order valence-corrected chi connectivity index (χ2v) is 4.87. The van der Waals surface area contributed by atoms with Gasteiger partial charge in [-0.3, -0.25) is 4.79 Å². The van der Waals surface area contributed by atoms with Crippen molar-refractivity contribution >= 4 is 5.91 Å². The molecule has 0 fully saturated rings. The Kier molecular flexibility index (Phi) is 6.61. The number of rotatable bonds is 8. The maximum Gasteiger partial charge on any atom is 0.303 e. The number of carbonyl (C=O) groups excluding carboxylic acids is 1. The van der Waals surface area contributed by atoms with E-state index >= 15 is 0 Å². The van der Waals surface area contributed by atoms with Crippen LogP contribution < -0.4 is 0 Å². The topological polar surface area (TPSA) is 38.8 Å². The molecule has 2 rings (SSSR count). The first-order valence-electron chi connectivity index (χ1n) is 7.50. The number of hydrogen-bond donors (Lipinski definition) is 0. The highest BCUT2D eigenvalue weighted by molar-refractivity contribution is 5.92. The molecule has 0 spiro atoms. The molecule has 2 aromatic rings. The number of nitrogens with zero attached hydrogens (tertiary/aromatic N) is 1. The van der Waals surface area contributed by atoms with Gasteiger partial charge in [0.25, 0.3) is 0 Å². The van der Waals surface area contributed by atoms with Gasteiger partial charge in [0.2, 0.25) is 0 Å². The fraction of sp³-hybridized carbons (Fsp3) is 0.278. The monoisotopic (exact) mass is 299 g/mol. The molecule has 0 aliphatic rings. The molecule has 1 amide bonds. The molecule has 4 nitrogen and oxygen atoms in total. The Labute approximate surface area is 131 Å². The van der Waals surface area contributed by atoms with Gasteiger partial charge in [-0.25, -0.2) is 9.68 Å². The Morgan fingerprint density at radius 2 is 1.59 bits per heavy atom. The van der Waals surface area contributed by atoms with Gasteiger partial charge in [-0.1, -0.05) is 67.1 Å². The van der Waals surface area contributed by atoms with E-state index in [0.29, 0.717) is 12.2 Å². The van der Waals surface area contributed by atoms with Crippen LogP contribution in [0.2, 0.25) is 0 Å². The molecular formula is C18H21NO3. The molecule has 0 aliphatic heterocycles. The van der Waals surface area contributed by atoms with Crippen LogP contribution >= 0.6 is 0 Å². The lowest BCUT2D eigenvalue weighted by Gasteiger charge is -2.20. The Morgan fingerprint density at radius 3 is 2.23 bits per heavy atom. The van der Waals surface area contributed by atoms with Crippen LogP contribution in [0.15, 0.2) is 60.7 Å². The van der Waals surface area contributed by atoms with Crippen LogP contribution in [0, 0.1) is 0 Å². The van der Waals surface area contributed by atoms with E-state index in [1.807, 2.05) is 48.5 Å². The van der Waals surface area contributed by atoms with Crippen molar-refractivity contribution in [2.24, 2.45) is 0 Å². The summed E-state index contributed by atoms with van der Waals surface area (Å²) in [7, 11) is 0. The van der Waals surface area contributed by atoms with Gasteiger partial charge in [0.1, 0.15) is 6.61 Å². The van der Waals surface area contributed by atoms with Crippen molar-refractivity contribution in [1.82, 2.24) is 5.23 Å². The summed E-state index contributed by atoms with van der Waals surface area (Å²) in [5.41, 5.74) is 1.51. The van der Waals surface area contributed by atoms with Crippen LogP contribution in [0.1, 0.15) is 35.7 Å². The van der Waals surface area contributed by atoms with Gasteiger partial charge >= 0.3 is 5.91 Å². The highest BCUT2D eigenvalue weighted by atomic mass is 17.0. The molecule has 0 heterocycles. The predicted octanol–water partition coefficient (Wildman–Crippen LogP) is 3.99. The van der Waals surface area contributed by atoms with Crippen LogP contribution in [0.5, 0.6) is 0 Å². The minimum atomic E-state index is -0.298. The molecule has 0 N–H and O–H groups in total. The van der Waals surface area contributed by atoms with Gasteiger partial charge in [0.05, 0.1) is 6.61 Å². The molecule has 0 saturated carbocycles. The summed E-state index contributed by atoms with van der Waals surface area (Å²) in [6.45, 7) is 2.80. The maximum absolute atomic E-state index is 12.4. The van der Waals surface area contributed by atoms with Crippen molar-refractivity contribution in [3.05, 3.63) is 71.8 Å². The lowest BCUT2D eigenvalue weighted by Crippen LogP contribution is -2.31. The molecular weight excluding hydrogens is 278 g/mol. The first-order chi connectivity index (χ1) is 10.8. The molecule has 0 unspecified atom stereocenters. The fourth-order valence-corrected chi connectivity index (χ4v) is 1.84. The average Bonchev–Trinajstić information content (AvgIpc) is 2.59. The van der Waals surface area contributed by atoms with E-state index in [0.717, 1.165) is 23.6 Å². The van der Waals surface area contributed by atoms with Crippen molar-refractivity contribution in [2.75, 3.05) is 6.61 Å². The number of amides is 1. The van der Waals surface area contributed by atoms with Gasteiger partial charge in [0, 0.05) is 5.56 Å². The average molecular weight is 299 g/mol. The number of benzene rings is 2. The summed E-state index contributed by atoms with van der Waals surface area (Å²) in [4.78, 5) is 23.5. The highest BCUT2D eigenvalue weighted by Gasteiger charge is 2.17. The number of hydrogen-bond acceptors (Lipinski definition) is 3. The molecule has 0 atom stereocenters. The largest absolute Gasteiger partial charge is 0.303 e. The Balaban J connectivity index is 2.00. The van der Waals surface area contributed by atoms with Gasteiger partial charge in [-0.05, 0) is 24.1 Å². The van der Waals surface area contributed by atoms with Gasteiger partial charge in [0.15, 0.2) is 0 Å². The van der Waals surface area contributed by atoms with E-state index in [1.54, 1.807) is 12.1 Å². The number of hydroxylamine groups is 2. The van der Waals surface area contributed by atoms with E-state index in [-0.39, 0.29) is 12.5 Å². The number of unbranched alkanes of at least 4 members (excludes halogenated alkanes) is 1. The zero-order chi connectivity index (χ0) is 15.6. The third kappa shape index (κ3) is 4.98. The van der Waals surface area contributed by atoms with Crippen LogP contribution in [0.4, 0.5) is 0 Å². The van der Waals surface area contributed by atoms with Crippen molar-refractivity contribution in [2.45, 2.75) is 26.4 Å². The van der Waals surface area contributed by atoms with Gasteiger partial charge < -0.3 is 0 Å². The van der Waals surface area contributed by atoms with E-state index in [1.165, 1.54) is 0 Å². The smallest absolute Gasteiger partial charge is 0.264 e. The highest BCUT2D eigenvalue weighted by Crippen LogP contribution is 2.10. The molecule has 0 aliphatic carbocycles. The normalized spacial score (nSPS) is 10.4. The summed E-state index contributed by atoms with van der Waals surface area (Å²) >= 11 is 0. The Hall–Kier alpha value is -2.17. The molecule has 0 radical (unpaired) electrons. The molecule has 22 heavy (non-hydrogen) atoms. The standard InChI is InChI=1S/C18H21NO3/c1-2-3-14-21-19(18(20)17-12-8-5-9-13-17)22-15-16-10-6-4-7-11-16/h4-13H,2-3,14-15H2,1H3. The van der Waals surface area contributed by atoms with Crippen LogP contribution in [0.3, 0.4) is 0 Å². The molecule has 0 saturated heterocycles. The summed E-state index contributed by atoms with van der Waals surface area (Å²) in [5.74, 6) is -0.298. The van der Waals surface area contributed by atoms with E-state index in [2.05, 4.69) is 6.92 Å². The second kappa shape index (κ2) is 8.97.